The maximum Gasteiger partial charge on any atom is 0.330 e. The van der Waals surface area contributed by atoms with Crippen molar-refractivity contribution in [2.24, 2.45) is 0 Å². The molecule has 0 aliphatic carbocycles. The molecule has 2 heterocycles. The largest absolute Gasteiger partial charge is 0.462 e. The molecule has 1 aromatic heterocycles. The maximum absolute atomic E-state index is 14.8. The maximum atomic E-state index is 14.8. The minimum atomic E-state index is -0.836. The van der Waals surface area contributed by atoms with Crippen LogP contribution in [0.25, 0.3) is 5.69 Å². The molecule has 4 atom stereocenters. The monoisotopic (exact) mass is 849 g/mol. The first kappa shape index (κ1) is 42.2. The van der Waals surface area contributed by atoms with Crippen LogP contribution >= 0.6 is 0 Å². The van der Waals surface area contributed by atoms with Crippen LogP contribution in [-0.4, -0.2) is 51.2 Å². The molecule has 0 spiro atoms. The molecule has 0 unspecified atom stereocenters. The van der Waals surface area contributed by atoms with Crippen molar-refractivity contribution in [1.29, 1.82) is 0 Å². The average Bonchev–Trinajstić information content (AvgIpc) is 3.83. The van der Waals surface area contributed by atoms with E-state index in [9.17, 15) is 24.0 Å². The summed E-state index contributed by atoms with van der Waals surface area (Å²) in [5.41, 5.74) is 4.27. The van der Waals surface area contributed by atoms with Crippen LogP contribution in [0.3, 0.4) is 0 Å². The molecule has 4 N–H and O–H groups in total. The Balaban J connectivity index is 1.29. The fourth-order valence-corrected chi connectivity index (χ4v) is 7.64. The lowest BCUT2D eigenvalue weighted by Gasteiger charge is -2.31. The first-order valence-corrected chi connectivity index (χ1v) is 20.6. The van der Waals surface area contributed by atoms with Crippen molar-refractivity contribution in [3.8, 4) is 5.69 Å². The Labute approximate surface area is 369 Å². The summed E-state index contributed by atoms with van der Waals surface area (Å²) in [6.07, 6.45) is 2.94. The summed E-state index contributed by atoms with van der Waals surface area (Å²) in [6, 6.07) is 44.8. The number of carbonyl (C=O) groups excluding carboxylic acids is 5. The van der Waals surface area contributed by atoms with Gasteiger partial charge in [-0.25, -0.2) is 9.48 Å². The number of esters is 1. The van der Waals surface area contributed by atoms with Crippen LogP contribution < -0.4 is 21.3 Å². The summed E-state index contributed by atoms with van der Waals surface area (Å²) in [6.45, 7) is 3.45. The van der Waals surface area contributed by atoms with E-state index in [0.717, 1.165) is 6.08 Å². The van der Waals surface area contributed by atoms with Gasteiger partial charge >= 0.3 is 5.97 Å². The lowest BCUT2D eigenvalue weighted by molar-refractivity contribution is -0.137. The predicted octanol–water partition coefficient (Wildman–Crippen LogP) is 7.14. The normalized spacial score (nSPS) is 17.9. The molecule has 318 valence electrons. The Morgan fingerprint density at radius 3 is 1.30 bits per heavy atom. The average molecular weight is 850 g/mol. The summed E-state index contributed by atoms with van der Waals surface area (Å²) in [7, 11) is 0. The van der Waals surface area contributed by atoms with E-state index >= 15 is 0 Å². The Kier molecular flexibility index (Phi) is 12.9. The zero-order valence-electron chi connectivity index (χ0n) is 34.5. The number of carbonyl (C=O) groups is 5. The second-order valence-corrected chi connectivity index (χ2v) is 15.1. The highest BCUT2D eigenvalue weighted by Gasteiger charge is 2.32. The zero-order valence-corrected chi connectivity index (χ0v) is 34.5. The third kappa shape index (κ3) is 9.85. The van der Waals surface area contributed by atoms with Crippen LogP contribution in [0.2, 0.25) is 0 Å². The first-order valence-electron chi connectivity index (χ1n) is 20.6. The second kappa shape index (κ2) is 19.5. The van der Waals surface area contributed by atoms with E-state index in [1.54, 1.807) is 36.5 Å². The van der Waals surface area contributed by atoms with Gasteiger partial charge in [0.05, 0.1) is 48.4 Å². The fourth-order valence-electron chi connectivity index (χ4n) is 7.64. The van der Waals surface area contributed by atoms with E-state index in [1.807, 2.05) is 121 Å². The molecule has 4 amide bonds. The molecule has 8 rings (SSSR count). The summed E-state index contributed by atoms with van der Waals surface area (Å²) in [4.78, 5) is 70.1. The lowest BCUT2D eigenvalue weighted by Crippen LogP contribution is -2.42. The summed E-state index contributed by atoms with van der Waals surface area (Å²) in [5, 5.41) is 21.2. The van der Waals surface area contributed by atoms with Crippen molar-refractivity contribution in [2.45, 2.75) is 30.6 Å². The third-order valence-corrected chi connectivity index (χ3v) is 10.9. The molecular weight excluding hydrogens is 807 g/mol. The molecule has 13 nitrogen and oxygen atoms in total. The van der Waals surface area contributed by atoms with Gasteiger partial charge < -0.3 is 26.0 Å². The van der Waals surface area contributed by atoms with Gasteiger partial charge in [0.15, 0.2) is 0 Å². The van der Waals surface area contributed by atoms with Gasteiger partial charge in [0.25, 0.3) is 23.6 Å². The first-order chi connectivity index (χ1) is 31.2. The van der Waals surface area contributed by atoms with Gasteiger partial charge in [-0.3, -0.25) is 19.2 Å². The Morgan fingerprint density at radius 1 is 0.531 bits per heavy atom. The van der Waals surface area contributed by atoms with Crippen LogP contribution in [0.4, 0.5) is 0 Å². The molecule has 0 fully saturated rings. The number of nitrogens with zero attached hydrogens (tertiary/aromatic N) is 3. The standard InChI is InChI=1S/C51H43N7O6/c1-2-43(59)64-27-26-41-32-58(57-56-41)42-30-39-29-40(31-42)51(63)55-47(36-22-13-6-14-23-36)45(34-18-9-4-10-19-34)53-49(61)38-25-15-24-37(28-38)48(60)52-44(33-16-7-3-8-17-33)46(54-50(39)62)35-20-11-5-12-21-35/h2-25,28-32,44-47H,1,26-27H2,(H,52,60)(H,53,61)(H,54,62)(H,55,63)/t44-,45-,46-,47-/m1/s1. The van der Waals surface area contributed by atoms with E-state index in [1.165, 1.54) is 16.8 Å². The number of aromatic nitrogens is 3. The summed E-state index contributed by atoms with van der Waals surface area (Å²) < 4.78 is 6.57. The zero-order chi connectivity index (χ0) is 44.4. The number of benzene rings is 6. The van der Waals surface area contributed by atoms with Gasteiger partial charge in [-0.2, -0.15) is 0 Å². The van der Waals surface area contributed by atoms with Crippen molar-refractivity contribution < 1.29 is 28.7 Å². The highest BCUT2D eigenvalue weighted by atomic mass is 16.5. The Morgan fingerprint density at radius 2 is 0.906 bits per heavy atom. The van der Waals surface area contributed by atoms with Crippen LogP contribution in [0.5, 0.6) is 0 Å². The van der Waals surface area contributed by atoms with E-state index in [-0.39, 0.29) is 35.3 Å². The van der Waals surface area contributed by atoms with Crippen LogP contribution in [0.15, 0.2) is 183 Å². The van der Waals surface area contributed by atoms with E-state index in [4.69, 9.17) is 4.74 Å². The topological polar surface area (TPSA) is 173 Å². The molecule has 0 radical (unpaired) electrons. The van der Waals surface area contributed by atoms with Gasteiger partial charge in [0.1, 0.15) is 0 Å². The molecular formula is C51H43N7O6. The molecule has 0 saturated carbocycles. The van der Waals surface area contributed by atoms with Crippen molar-refractivity contribution in [1.82, 2.24) is 36.3 Å². The minimum absolute atomic E-state index is 0.0322. The molecule has 64 heavy (non-hydrogen) atoms. The van der Waals surface area contributed by atoms with Crippen LogP contribution in [-0.2, 0) is 16.0 Å². The highest BCUT2D eigenvalue weighted by Crippen LogP contribution is 2.33. The number of ether oxygens (including phenoxy) is 1. The highest BCUT2D eigenvalue weighted by molar-refractivity contribution is 6.02. The quantitative estimate of drug-likeness (QED) is 0.0877. The van der Waals surface area contributed by atoms with Gasteiger partial charge in [0.2, 0.25) is 0 Å². The number of fused-ring (bicyclic) bond motifs is 4. The van der Waals surface area contributed by atoms with Gasteiger partial charge in [-0.05, 0) is 58.7 Å². The molecule has 7 aromatic rings. The van der Waals surface area contributed by atoms with Crippen molar-refractivity contribution in [3.05, 3.63) is 233 Å². The fraction of sp³-hybridized carbons (Fsp3) is 0.118. The second-order valence-electron chi connectivity index (χ2n) is 15.1. The molecule has 6 aromatic carbocycles. The van der Waals surface area contributed by atoms with Gasteiger partial charge in [0, 0.05) is 34.8 Å². The van der Waals surface area contributed by atoms with Crippen molar-refractivity contribution in [3.63, 3.8) is 0 Å². The molecule has 1 aliphatic heterocycles. The number of nitrogens with one attached hydrogen (secondary N) is 4. The number of amides is 4. The minimum Gasteiger partial charge on any atom is -0.462 e. The van der Waals surface area contributed by atoms with Crippen molar-refractivity contribution in [2.75, 3.05) is 6.61 Å². The molecule has 1 aliphatic rings. The summed E-state index contributed by atoms with van der Waals surface area (Å²) >= 11 is 0. The van der Waals surface area contributed by atoms with E-state index in [2.05, 4.69) is 38.2 Å². The Bertz CT molecular complexity index is 2650. The molecule has 0 saturated heterocycles. The van der Waals surface area contributed by atoms with E-state index < -0.39 is 53.8 Å². The summed E-state index contributed by atoms with van der Waals surface area (Å²) in [5.74, 6) is -2.61. The number of hydrogen-bond acceptors (Lipinski definition) is 8. The third-order valence-electron chi connectivity index (χ3n) is 10.9. The van der Waals surface area contributed by atoms with E-state index in [0.29, 0.717) is 33.6 Å². The van der Waals surface area contributed by atoms with Crippen LogP contribution in [0, 0.1) is 0 Å². The SMILES string of the molecule is C=CC(=O)OCCc1cn(-c2cc3cc(c2)C(=O)N[C@H](c2ccccc2)[C@@H](c2ccccc2)NC(=O)c2cccc(c2)C(=O)N[C@H](c2ccccc2)[C@@H](c2ccccc2)NC3=O)nn1. The Hall–Kier alpha value is -8.45. The number of rotatable bonds is 9. The molecule has 13 heteroatoms. The smallest absolute Gasteiger partial charge is 0.330 e. The predicted molar refractivity (Wildman–Crippen MR) is 239 cm³/mol. The van der Waals surface area contributed by atoms with Crippen molar-refractivity contribution >= 4 is 29.6 Å². The van der Waals surface area contributed by atoms with Gasteiger partial charge in [-0.15, -0.1) is 5.10 Å². The number of hydrogen-bond donors (Lipinski definition) is 4. The van der Waals surface area contributed by atoms with Gasteiger partial charge in [-0.1, -0.05) is 139 Å². The van der Waals surface area contributed by atoms with Crippen LogP contribution in [0.1, 0.15) is 93.5 Å². The lowest BCUT2D eigenvalue weighted by atomic mass is 9.91. The molecule has 4 bridgehead atoms.